The van der Waals surface area contributed by atoms with E-state index in [-0.39, 0.29) is 18.1 Å². The fourth-order valence-electron chi connectivity index (χ4n) is 9.82. The van der Waals surface area contributed by atoms with E-state index in [0.717, 1.165) is 61.4 Å². The SMILES string of the molecule is CN(C[C@@H]1CCCN1CCC12CC3CC(CC(C3)C1)C2)[C@H](CCCCCNC(=O)Nc1ccccc1)CNC(=O)Nc1ccccc1. The lowest BCUT2D eigenvalue weighted by molar-refractivity contribution is -0.0617. The van der Waals surface area contributed by atoms with Gasteiger partial charge in [0.1, 0.15) is 0 Å². The molecule has 4 bridgehead atoms. The Morgan fingerprint density at radius 2 is 1.43 bits per heavy atom. The number of likely N-dealkylation sites (tertiary alicyclic amines) is 1. The summed E-state index contributed by atoms with van der Waals surface area (Å²) in [7, 11) is 2.26. The van der Waals surface area contributed by atoms with E-state index in [4.69, 9.17) is 0 Å². The first kappa shape index (κ1) is 33.8. The van der Waals surface area contributed by atoms with Crippen molar-refractivity contribution in [2.45, 2.75) is 95.6 Å². The van der Waals surface area contributed by atoms with E-state index in [1.54, 1.807) is 0 Å². The highest BCUT2D eigenvalue weighted by Crippen LogP contribution is 2.61. The van der Waals surface area contributed by atoms with Crippen LogP contribution in [-0.4, -0.2) is 73.7 Å². The number of carbonyl (C=O) groups is 2. The van der Waals surface area contributed by atoms with Crippen molar-refractivity contribution in [1.29, 1.82) is 0 Å². The quantitative estimate of drug-likeness (QED) is 0.142. The molecule has 0 spiro atoms. The summed E-state index contributed by atoms with van der Waals surface area (Å²) in [5.41, 5.74) is 2.25. The summed E-state index contributed by atoms with van der Waals surface area (Å²) >= 11 is 0. The molecule has 8 heteroatoms. The van der Waals surface area contributed by atoms with Gasteiger partial charge in [-0.3, -0.25) is 4.90 Å². The molecule has 47 heavy (non-hydrogen) atoms. The third-order valence-corrected chi connectivity index (χ3v) is 11.8. The number of hydrogen-bond acceptors (Lipinski definition) is 4. The van der Waals surface area contributed by atoms with Gasteiger partial charge >= 0.3 is 12.1 Å². The van der Waals surface area contributed by atoms with Gasteiger partial charge in [-0.2, -0.15) is 0 Å². The molecule has 4 saturated carbocycles. The van der Waals surface area contributed by atoms with Crippen molar-refractivity contribution >= 4 is 23.4 Å². The van der Waals surface area contributed by atoms with Crippen molar-refractivity contribution in [3.05, 3.63) is 60.7 Å². The number of urea groups is 2. The Kier molecular flexibility index (Phi) is 11.7. The van der Waals surface area contributed by atoms with Crippen LogP contribution in [0.2, 0.25) is 0 Å². The second kappa shape index (κ2) is 16.3. The summed E-state index contributed by atoms with van der Waals surface area (Å²) < 4.78 is 0. The molecule has 0 radical (unpaired) electrons. The second-order valence-corrected chi connectivity index (χ2v) is 15.4. The molecule has 7 rings (SSSR count). The Bertz CT molecular complexity index is 1240. The van der Waals surface area contributed by atoms with Gasteiger partial charge in [-0.25, -0.2) is 9.59 Å². The topological polar surface area (TPSA) is 88.7 Å². The van der Waals surface area contributed by atoms with E-state index in [1.807, 2.05) is 60.7 Å². The summed E-state index contributed by atoms with van der Waals surface area (Å²) in [6.45, 7) is 4.81. The van der Waals surface area contributed by atoms with Gasteiger partial charge in [0.15, 0.2) is 0 Å². The average Bonchev–Trinajstić information content (AvgIpc) is 3.50. The average molecular weight is 643 g/mol. The summed E-state index contributed by atoms with van der Waals surface area (Å²) in [5, 5.41) is 12.0. The van der Waals surface area contributed by atoms with Crippen LogP contribution in [0.1, 0.15) is 83.5 Å². The van der Waals surface area contributed by atoms with Crippen molar-refractivity contribution in [2.75, 3.05) is 50.4 Å². The van der Waals surface area contributed by atoms with E-state index in [1.165, 1.54) is 70.9 Å². The lowest BCUT2D eigenvalue weighted by atomic mass is 9.49. The third-order valence-electron chi connectivity index (χ3n) is 11.8. The van der Waals surface area contributed by atoms with Gasteiger partial charge < -0.3 is 26.2 Å². The standard InChI is InChI=1S/C39H58N6O2/c1-44(29-36-17-11-20-45(36)21-18-39-25-30-22-31(26-39)24-32(23-30)27-39)35(28-41-38(47)43-34-14-7-3-8-15-34)16-9-4-10-19-40-37(46)42-33-12-5-2-6-13-33/h2-3,5-8,12-15,30-32,35-36H,4,9-11,16-29H2,1H3,(H2,40,42,46)(H2,41,43,47)/t30?,31?,32?,35-,36+,39?/m1/s1. The number of rotatable bonds is 16. The number of para-hydroxylation sites is 2. The minimum atomic E-state index is -0.160. The Morgan fingerprint density at radius 3 is 2.04 bits per heavy atom. The lowest BCUT2D eigenvalue weighted by Gasteiger charge is -2.57. The number of unbranched alkanes of at least 4 members (excludes halogenated alkanes) is 2. The van der Waals surface area contributed by atoms with E-state index >= 15 is 0 Å². The van der Waals surface area contributed by atoms with Crippen LogP contribution in [0, 0.1) is 23.2 Å². The molecule has 1 saturated heterocycles. The highest BCUT2D eigenvalue weighted by Gasteiger charge is 2.50. The maximum Gasteiger partial charge on any atom is 0.319 e. The maximum atomic E-state index is 12.8. The Labute approximate surface area is 282 Å². The van der Waals surface area contributed by atoms with E-state index in [2.05, 4.69) is 38.1 Å². The first-order chi connectivity index (χ1) is 22.9. The smallest absolute Gasteiger partial charge is 0.319 e. The molecule has 5 fully saturated rings. The third kappa shape index (κ3) is 9.73. The molecule has 2 atom stereocenters. The number of nitrogens with zero attached hydrogens (tertiary/aromatic N) is 2. The molecular weight excluding hydrogens is 584 g/mol. The molecule has 4 N–H and O–H groups in total. The van der Waals surface area contributed by atoms with Gasteiger partial charge in [-0.05, 0) is 138 Å². The first-order valence-electron chi connectivity index (χ1n) is 18.6. The number of amides is 4. The van der Waals surface area contributed by atoms with Crippen molar-refractivity contribution in [2.24, 2.45) is 23.2 Å². The van der Waals surface area contributed by atoms with Gasteiger partial charge in [0.25, 0.3) is 0 Å². The molecule has 2 aromatic carbocycles. The Hall–Kier alpha value is -3.10. The molecule has 4 amide bonds. The number of carbonyl (C=O) groups excluding carboxylic acids is 2. The fourth-order valence-corrected chi connectivity index (χ4v) is 9.82. The number of anilines is 2. The zero-order valence-electron chi connectivity index (χ0n) is 28.6. The van der Waals surface area contributed by atoms with Crippen molar-refractivity contribution in [3.8, 4) is 0 Å². The van der Waals surface area contributed by atoms with Gasteiger partial charge in [-0.1, -0.05) is 49.2 Å². The summed E-state index contributed by atoms with van der Waals surface area (Å²) in [5.74, 6) is 3.07. The predicted molar refractivity (Wildman–Crippen MR) is 192 cm³/mol. The number of likely N-dealkylation sites (N-methyl/N-ethyl adjacent to an activating group) is 1. The van der Waals surface area contributed by atoms with Crippen molar-refractivity contribution < 1.29 is 9.59 Å². The minimum Gasteiger partial charge on any atom is -0.338 e. The molecule has 5 aliphatic rings. The van der Waals surface area contributed by atoms with Crippen LogP contribution >= 0.6 is 0 Å². The van der Waals surface area contributed by atoms with Gasteiger partial charge in [0.05, 0.1) is 0 Å². The Balaban J connectivity index is 0.966. The van der Waals surface area contributed by atoms with E-state index in [9.17, 15) is 9.59 Å². The van der Waals surface area contributed by atoms with Crippen LogP contribution in [0.3, 0.4) is 0 Å². The van der Waals surface area contributed by atoms with Gasteiger partial charge in [-0.15, -0.1) is 0 Å². The lowest BCUT2D eigenvalue weighted by Crippen LogP contribution is -2.49. The van der Waals surface area contributed by atoms with Crippen LogP contribution in [0.25, 0.3) is 0 Å². The van der Waals surface area contributed by atoms with Crippen molar-refractivity contribution in [1.82, 2.24) is 20.4 Å². The van der Waals surface area contributed by atoms with E-state index in [0.29, 0.717) is 24.5 Å². The monoisotopic (exact) mass is 642 g/mol. The highest BCUT2D eigenvalue weighted by atomic mass is 16.2. The van der Waals surface area contributed by atoms with Gasteiger partial charge in [0.2, 0.25) is 0 Å². The molecule has 0 unspecified atom stereocenters. The predicted octanol–water partition coefficient (Wildman–Crippen LogP) is 7.56. The fraction of sp³-hybridized carbons (Fsp3) is 0.641. The molecule has 0 aromatic heterocycles. The molecule has 4 aliphatic carbocycles. The van der Waals surface area contributed by atoms with Crippen molar-refractivity contribution in [3.63, 3.8) is 0 Å². The summed E-state index contributed by atoms with van der Waals surface area (Å²) in [6, 6.07) is 19.7. The maximum absolute atomic E-state index is 12.8. The number of nitrogens with one attached hydrogen (secondary N) is 4. The molecule has 8 nitrogen and oxygen atoms in total. The van der Waals surface area contributed by atoms with Crippen LogP contribution in [0.5, 0.6) is 0 Å². The van der Waals surface area contributed by atoms with Crippen LogP contribution < -0.4 is 21.3 Å². The largest absolute Gasteiger partial charge is 0.338 e. The van der Waals surface area contributed by atoms with Crippen LogP contribution in [0.15, 0.2) is 60.7 Å². The highest BCUT2D eigenvalue weighted by molar-refractivity contribution is 5.89. The summed E-state index contributed by atoms with van der Waals surface area (Å²) in [4.78, 5) is 30.4. The molecular formula is C39H58N6O2. The number of benzene rings is 2. The zero-order chi connectivity index (χ0) is 32.5. The molecule has 1 heterocycles. The normalized spacial score (nSPS) is 27.1. The van der Waals surface area contributed by atoms with Crippen LogP contribution in [-0.2, 0) is 0 Å². The molecule has 2 aromatic rings. The minimum absolute atomic E-state index is 0.152. The number of hydrogen-bond donors (Lipinski definition) is 4. The molecule has 1 aliphatic heterocycles. The van der Waals surface area contributed by atoms with E-state index < -0.39 is 0 Å². The van der Waals surface area contributed by atoms with Crippen LogP contribution in [0.4, 0.5) is 21.0 Å². The second-order valence-electron chi connectivity index (χ2n) is 15.4. The van der Waals surface area contributed by atoms with Gasteiger partial charge in [0, 0.05) is 43.1 Å². The zero-order valence-corrected chi connectivity index (χ0v) is 28.6. The summed E-state index contributed by atoms with van der Waals surface area (Å²) in [6.07, 6.45) is 17.1. The Morgan fingerprint density at radius 1 is 0.830 bits per heavy atom. The first-order valence-corrected chi connectivity index (χ1v) is 18.6. The molecule has 256 valence electrons.